The van der Waals surface area contributed by atoms with Crippen LogP contribution in [0.1, 0.15) is 11.1 Å². The Morgan fingerprint density at radius 1 is 1.17 bits per heavy atom. The van der Waals surface area contributed by atoms with Crippen LogP contribution in [0.25, 0.3) is 6.08 Å². The fourth-order valence-corrected chi connectivity index (χ4v) is 2.72. The molecule has 3 rings (SSSR count). The van der Waals surface area contributed by atoms with Gasteiger partial charge in [-0.1, -0.05) is 29.8 Å². The van der Waals surface area contributed by atoms with Gasteiger partial charge in [0.05, 0.1) is 10.6 Å². The van der Waals surface area contributed by atoms with E-state index in [0.717, 1.165) is 21.3 Å². The summed E-state index contributed by atoms with van der Waals surface area (Å²) in [6, 6.07) is 9.05. The summed E-state index contributed by atoms with van der Waals surface area (Å²) in [7, 11) is 0. The zero-order valence-corrected chi connectivity index (χ0v) is 14.2. The standard InChI is InChI=1S/C16H7ClF2INO2/c17-10-7-12(19)11(18)6-9(10)15-21-14(16(22)23-15)5-8-3-1-2-4-13(8)20/h1-7H. The van der Waals surface area contributed by atoms with E-state index < -0.39 is 17.6 Å². The number of esters is 1. The smallest absolute Gasteiger partial charge is 0.363 e. The van der Waals surface area contributed by atoms with Gasteiger partial charge < -0.3 is 4.74 Å². The van der Waals surface area contributed by atoms with Gasteiger partial charge in [0.15, 0.2) is 17.3 Å². The van der Waals surface area contributed by atoms with Crippen molar-refractivity contribution >= 4 is 52.1 Å². The number of aliphatic imine (C=N–C) groups is 1. The van der Waals surface area contributed by atoms with Crippen molar-refractivity contribution in [2.75, 3.05) is 0 Å². The lowest BCUT2D eigenvalue weighted by Crippen LogP contribution is -2.07. The van der Waals surface area contributed by atoms with Crippen molar-refractivity contribution in [2.24, 2.45) is 4.99 Å². The van der Waals surface area contributed by atoms with Crippen molar-refractivity contribution in [3.63, 3.8) is 0 Å². The lowest BCUT2D eigenvalue weighted by atomic mass is 10.2. The molecule has 0 N–H and O–H groups in total. The lowest BCUT2D eigenvalue weighted by molar-refractivity contribution is -0.129. The summed E-state index contributed by atoms with van der Waals surface area (Å²) in [5.74, 6) is -3.02. The van der Waals surface area contributed by atoms with Crippen LogP contribution < -0.4 is 0 Å². The maximum absolute atomic E-state index is 13.4. The average Bonchev–Trinajstić information content (AvgIpc) is 2.86. The number of rotatable bonds is 2. The third kappa shape index (κ3) is 3.28. The first-order valence-corrected chi connectivity index (χ1v) is 7.83. The Hall–Kier alpha value is -1.80. The second-order valence-electron chi connectivity index (χ2n) is 4.60. The molecule has 0 aliphatic carbocycles. The molecular formula is C16H7ClF2INO2. The van der Waals surface area contributed by atoms with Gasteiger partial charge in [0.25, 0.3) is 0 Å². The van der Waals surface area contributed by atoms with Crippen molar-refractivity contribution in [1.29, 1.82) is 0 Å². The number of carbonyl (C=O) groups excluding carboxylic acids is 1. The maximum atomic E-state index is 13.4. The minimum atomic E-state index is -1.10. The van der Waals surface area contributed by atoms with Gasteiger partial charge in [0.2, 0.25) is 5.90 Å². The number of hydrogen-bond acceptors (Lipinski definition) is 3. The van der Waals surface area contributed by atoms with Crippen LogP contribution in [0.2, 0.25) is 5.02 Å². The molecule has 7 heteroatoms. The Morgan fingerprint density at radius 2 is 1.87 bits per heavy atom. The first kappa shape index (κ1) is 16.1. The fourth-order valence-electron chi connectivity index (χ4n) is 1.95. The molecule has 0 unspecified atom stereocenters. The van der Waals surface area contributed by atoms with E-state index in [2.05, 4.69) is 27.6 Å². The van der Waals surface area contributed by atoms with E-state index in [4.69, 9.17) is 16.3 Å². The van der Waals surface area contributed by atoms with Crippen molar-refractivity contribution in [2.45, 2.75) is 0 Å². The number of hydrogen-bond donors (Lipinski definition) is 0. The molecule has 23 heavy (non-hydrogen) atoms. The largest absolute Gasteiger partial charge is 0.402 e. The summed E-state index contributed by atoms with van der Waals surface area (Å²) in [5.41, 5.74) is 0.872. The molecule has 0 saturated heterocycles. The molecule has 0 fully saturated rings. The summed E-state index contributed by atoms with van der Waals surface area (Å²) in [6.07, 6.45) is 1.56. The van der Waals surface area contributed by atoms with Gasteiger partial charge in [0.1, 0.15) is 0 Å². The summed E-state index contributed by atoms with van der Waals surface area (Å²) in [6.45, 7) is 0. The average molecular weight is 446 g/mol. The number of cyclic esters (lactones) is 1. The third-order valence-electron chi connectivity index (χ3n) is 3.06. The Labute approximate surface area is 148 Å². The molecule has 1 aliphatic rings. The molecule has 2 aromatic carbocycles. The molecule has 1 aliphatic heterocycles. The van der Waals surface area contributed by atoms with Crippen LogP contribution in [0.3, 0.4) is 0 Å². The van der Waals surface area contributed by atoms with Crippen molar-refractivity contribution < 1.29 is 18.3 Å². The molecule has 0 amide bonds. The van der Waals surface area contributed by atoms with Gasteiger partial charge in [-0.25, -0.2) is 18.6 Å². The first-order chi connectivity index (χ1) is 11.0. The minimum Gasteiger partial charge on any atom is -0.402 e. The van der Waals surface area contributed by atoms with Crippen molar-refractivity contribution in [1.82, 2.24) is 0 Å². The number of nitrogens with zero attached hydrogens (tertiary/aromatic N) is 1. The molecule has 0 aromatic heterocycles. The zero-order valence-electron chi connectivity index (χ0n) is 11.3. The highest BCUT2D eigenvalue weighted by atomic mass is 127. The van der Waals surface area contributed by atoms with Gasteiger partial charge in [0, 0.05) is 3.57 Å². The predicted octanol–water partition coefficient (Wildman–Crippen LogP) is 4.57. The highest BCUT2D eigenvalue weighted by Crippen LogP contribution is 2.26. The molecule has 2 aromatic rings. The molecule has 1 heterocycles. The van der Waals surface area contributed by atoms with E-state index in [9.17, 15) is 13.6 Å². The molecule has 3 nitrogen and oxygen atoms in total. The van der Waals surface area contributed by atoms with Crippen LogP contribution in [0.15, 0.2) is 47.1 Å². The van der Waals surface area contributed by atoms with Crippen molar-refractivity contribution in [3.8, 4) is 0 Å². The van der Waals surface area contributed by atoms with Crippen LogP contribution >= 0.6 is 34.2 Å². The molecule has 116 valence electrons. The second kappa shape index (κ2) is 6.37. The first-order valence-electron chi connectivity index (χ1n) is 6.37. The molecular weight excluding hydrogens is 439 g/mol. The summed E-state index contributed by atoms with van der Waals surface area (Å²) >= 11 is 7.99. The normalized spacial score (nSPS) is 15.7. The van der Waals surface area contributed by atoms with E-state index in [-0.39, 0.29) is 22.2 Å². The predicted molar refractivity (Wildman–Crippen MR) is 91.1 cm³/mol. The van der Waals surface area contributed by atoms with E-state index in [1.807, 2.05) is 24.3 Å². The molecule has 0 saturated carbocycles. The highest BCUT2D eigenvalue weighted by molar-refractivity contribution is 14.1. The van der Waals surface area contributed by atoms with Crippen LogP contribution in [0.4, 0.5) is 8.78 Å². The monoisotopic (exact) mass is 445 g/mol. The number of halogens is 4. The molecule has 0 radical (unpaired) electrons. The number of carbonyl (C=O) groups is 1. The van der Waals surface area contributed by atoms with E-state index in [1.54, 1.807) is 6.08 Å². The van der Waals surface area contributed by atoms with E-state index >= 15 is 0 Å². The van der Waals surface area contributed by atoms with Gasteiger partial charge in [-0.3, -0.25) is 0 Å². The maximum Gasteiger partial charge on any atom is 0.363 e. The summed E-state index contributed by atoms with van der Waals surface area (Å²) in [4.78, 5) is 16.0. The number of benzene rings is 2. The van der Waals surface area contributed by atoms with Crippen LogP contribution in [0.5, 0.6) is 0 Å². The molecule has 0 atom stereocenters. The fraction of sp³-hybridized carbons (Fsp3) is 0. The van der Waals surface area contributed by atoms with Gasteiger partial charge in [-0.05, 0) is 52.4 Å². The zero-order chi connectivity index (χ0) is 16.6. The van der Waals surface area contributed by atoms with E-state index in [0.29, 0.717) is 0 Å². The van der Waals surface area contributed by atoms with Crippen LogP contribution in [0, 0.1) is 15.2 Å². The second-order valence-corrected chi connectivity index (χ2v) is 6.17. The summed E-state index contributed by atoms with van der Waals surface area (Å²) in [5, 5.41) is -0.0917. The Morgan fingerprint density at radius 3 is 2.61 bits per heavy atom. The number of ether oxygens (including phenoxy) is 1. The molecule has 0 bridgehead atoms. The molecule has 0 spiro atoms. The Kier molecular flexibility index (Phi) is 4.45. The highest BCUT2D eigenvalue weighted by Gasteiger charge is 2.26. The topological polar surface area (TPSA) is 38.7 Å². The van der Waals surface area contributed by atoms with Gasteiger partial charge >= 0.3 is 5.97 Å². The minimum absolute atomic E-state index is 0.0186. The van der Waals surface area contributed by atoms with Crippen LogP contribution in [-0.2, 0) is 9.53 Å². The van der Waals surface area contributed by atoms with Crippen molar-refractivity contribution in [3.05, 3.63) is 73.4 Å². The SMILES string of the molecule is O=C1OC(c2cc(F)c(F)cc2Cl)=NC1=Cc1ccccc1I. The van der Waals surface area contributed by atoms with E-state index in [1.165, 1.54) is 0 Å². The summed E-state index contributed by atoms with van der Waals surface area (Å²) < 4.78 is 32.4. The van der Waals surface area contributed by atoms with Gasteiger partial charge in [-0.2, -0.15) is 0 Å². The lowest BCUT2D eigenvalue weighted by Gasteiger charge is -2.03. The Balaban J connectivity index is 2.03. The van der Waals surface area contributed by atoms with Crippen LogP contribution in [-0.4, -0.2) is 11.9 Å². The third-order valence-corrected chi connectivity index (χ3v) is 4.35. The Bertz CT molecular complexity index is 880. The van der Waals surface area contributed by atoms with Gasteiger partial charge in [-0.15, -0.1) is 0 Å². The quantitative estimate of drug-likeness (QED) is 0.294.